The summed E-state index contributed by atoms with van der Waals surface area (Å²) in [5.74, 6) is 0. The summed E-state index contributed by atoms with van der Waals surface area (Å²) in [7, 11) is 0. The summed E-state index contributed by atoms with van der Waals surface area (Å²) in [6.07, 6.45) is 0.361. The van der Waals surface area contributed by atoms with E-state index in [0.717, 1.165) is 22.3 Å². The Morgan fingerprint density at radius 1 is 0.500 bits per heavy atom. The van der Waals surface area contributed by atoms with E-state index >= 15 is 0 Å². The maximum absolute atomic E-state index is 8.06. The molecule has 4 aromatic rings. The molecule has 0 aliphatic carbocycles. The highest BCUT2D eigenvalue weighted by Gasteiger charge is 2.06. The Hall–Kier alpha value is -3.26. The second-order valence-corrected chi connectivity index (χ2v) is 5.47. The summed E-state index contributed by atoms with van der Waals surface area (Å²) in [6, 6.07) is 27.1. The van der Waals surface area contributed by atoms with E-state index in [1.807, 2.05) is 72.8 Å². The third-order valence-electron chi connectivity index (χ3n) is 3.87. The van der Waals surface area contributed by atoms with Gasteiger partial charge in [0.05, 0.1) is 14.1 Å². The van der Waals surface area contributed by atoms with Gasteiger partial charge in [-0.05, 0) is 46.5 Å². The summed E-state index contributed by atoms with van der Waals surface area (Å²) in [5.41, 5.74) is 5.08. The van der Waals surface area contributed by atoms with E-state index in [9.17, 15) is 0 Å². The number of hydrogen-bond donors (Lipinski definition) is 0. The second kappa shape index (κ2) is 6.47. The lowest BCUT2D eigenvalue weighted by Gasteiger charge is -2.07. The van der Waals surface area contributed by atoms with Gasteiger partial charge in [-0.3, -0.25) is 9.97 Å². The van der Waals surface area contributed by atoms with Gasteiger partial charge in [0.1, 0.15) is 0 Å². The second-order valence-electron chi connectivity index (χ2n) is 5.47. The Balaban J connectivity index is 1.83. The van der Waals surface area contributed by atoms with Gasteiger partial charge < -0.3 is 0 Å². The number of benzene rings is 2. The minimum absolute atomic E-state index is 0.180. The van der Waals surface area contributed by atoms with Crippen molar-refractivity contribution in [3.8, 4) is 33.6 Å². The monoisotopic (exact) mass is 310 g/mol. The first-order chi connectivity index (χ1) is 12.7. The molecule has 2 heterocycles. The molecule has 0 amide bonds. The minimum Gasteiger partial charge on any atom is -0.255 e. The number of rotatable bonds is 3. The van der Waals surface area contributed by atoms with Gasteiger partial charge in [-0.25, -0.2) is 0 Å². The van der Waals surface area contributed by atoms with Crippen LogP contribution in [-0.2, 0) is 0 Å². The van der Waals surface area contributed by atoms with Gasteiger partial charge in [-0.15, -0.1) is 0 Å². The maximum atomic E-state index is 8.06. The van der Waals surface area contributed by atoms with Crippen LogP contribution in [0.1, 0.15) is 2.74 Å². The van der Waals surface area contributed by atoms with Crippen molar-refractivity contribution in [2.24, 2.45) is 0 Å². The smallest absolute Gasteiger partial charge is 0.0892 e. The van der Waals surface area contributed by atoms with E-state index in [0.29, 0.717) is 11.4 Å². The van der Waals surface area contributed by atoms with Gasteiger partial charge in [-0.1, -0.05) is 60.7 Å². The number of pyridine rings is 2. The molecule has 2 heteroatoms. The van der Waals surface area contributed by atoms with E-state index in [-0.39, 0.29) is 12.3 Å². The van der Waals surface area contributed by atoms with E-state index in [1.54, 1.807) is 12.1 Å². The van der Waals surface area contributed by atoms with Gasteiger partial charge in [-0.2, -0.15) is 0 Å². The molecule has 114 valence electrons. The van der Waals surface area contributed by atoms with Crippen LogP contribution in [-0.4, -0.2) is 9.97 Å². The van der Waals surface area contributed by atoms with Crippen molar-refractivity contribution in [2.45, 2.75) is 0 Å². The SMILES string of the molecule is [2H]c1cc(-c2ccccc2)cc(-c2cc(-c3ccccc3)cc([2H])n2)n1. The van der Waals surface area contributed by atoms with Crippen molar-refractivity contribution in [3.05, 3.63) is 97.3 Å². The van der Waals surface area contributed by atoms with Crippen molar-refractivity contribution in [1.29, 1.82) is 0 Å². The predicted molar refractivity (Wildman–Crippen MR) is 98.3 cm³/mol. The van der Waals surface area contributed by atoms with Crippen LogP contribution in [0, 0.1) is 0 Å². The largest absolute Gasteiger partial charge is 0.255 e. The standard InChI is InChI=1S/C22H16N2/c1-3-7-17(8-4-1)19-11-13-23-21(15-19)22-16-20(12-14-24-22)18-9-5-2-6-10-18/h1-16H/i13D,14D. The van der Waals surface area contributed by atoms with E-state index in [2.05, 4.69) is 9.97 Å². The molecule has 0 unspecified atom stereocenters. The molecule has 2 aromatic carbocycles. The number of hydrogen-bond acceptors (Lipinski definition) is 2. The topological polar surface area (TPSA) is 25.8 Å². The maximum Gasteiger partial charge on any atom is 0.0892 e. The average Bonchev–Trinajstić information content (AvgIpc) is 2.68. The minimum atomic E-state index is 0.180. The molecule has 0 aliphatic rings. The van der Waals surface area contributed by atoms with Crippen LogP contribution < -0.4 is 0 Å². The summed E-state index contributed by atoms with van der Waals surface area (Å²) in [6.45, 7) is 0. The Morgan fingerprint density at radius 2 is 0.917 bits per heavy atom. The van der Waals surface area contributed by atoms with E-state index in [1.165, 1.54) is 0 Å². The third kappa shape index (κ3) is 2.95. The fraction of sp³-hybridized carbons (Fsp3) is 0. The average molecular weight is 310 g/mol. The molecule has 0 radical (unpaired) electrons. The van der Waals surface area contributed by atoms with Crippen molar-refractivity contribution in [1.82, 2.24) is 9.97 Å². The Kier molecular flexibility index (Phi) is 3.29. The molecular weight excluding hydrogens is 292 g/mol. The molecule has 0 spiro atoms. The van der Waals surface area contributed by atoms with E-state index < -0.39 is 0 Å². The lowest BCUT2D eigenvalue weighted by molar-refractivity contribution is 1.25. The summed E-state index contributed by atoms with van der Waals surface area (Å²) in [4.78, 5) is 8.65. The normalized spacial score (nSPS) is 11.7. The summed E-state index contributed by atoms with van der Waals surface area (Å²) < 4.78 is 16.1. The van der Waals surface area contributed by atoms with Crippen molar-refractivity contribution in [3.63, 3.8) is 0 Å². The first-order valence-electron chi connectivity index (χ1n) is 8.78. The zero-order valence-electron chi connectivity index (χ0n) is 15.0. The third-order valence-corrected chi connectivity index (χ3v) is 3.87. The van der Waals surface area contributed by atoms with Crippen LogP contribution in [0.3, 0.4) is 0 Å². The van der Waals surface area contributed by atoms with Gasteiger partial charge in [0.15, 0.2) is 0 Å². The van der Waals surface area contributed by atoms with Crippen LogP contribution in [0.25, 0.3) is 33.6 Å². The van der Waals surface area contributed by atoms with Crippen LogP contribution in [0.4, 0.5) is 0 Å². The highest BCUT2D eigenvalue weighted by Crippen LogP contribution is 2.26. The van der Waals surface area contributed by atoms with Crippen LogP contribution >= 0.6 is 0 Å². The zero-order chi connectivity index (χ0) is 17.9. The van der Waals surface area contributed by atoms with Crippen LogP contribution in [0.2, 0.25) is 0 Å². The van der Waals surface area contributed by atoms with Gasteiger partial charge >= 0.3 is 0 Å². The van der Waals surface area contributed by atoms with Crippen molar-refractivity contribution in [2.75, 3.05) is 0 Å². The molecule has 0 fully saturated rings. The molecule has 0 saturated heterocycles. The van der Waals surface area contributed by atoms with Crippen LogP contribution in [0.15, 0.2) is 97.3 Å². The summed E-state index contributed by atoms with van der Waals surface area (Å²) in [5, 5.41) is 0. The van der Waals surface area contributed by atoms with Crippen molar-refractivity contribution < 1.29 is 2.74 Å². The molecule has 0 bridgehead atoms. The van der Waals surface area contributed by atoms with Crippen molar-refractivity contribution >= 4 is 0 Å². The highest BCUT2D eigenvalue weighted by atomic mass is 14.8. The fourth-order valence-corrected chi connectivity index (χ4v) is 2.64. The molecule has 0 aliphatic heterocycles. The lowest BCUT2D eigenvalue weighted by atomic mass is 10.0. The van der Waals surface area contributed by atoms with Gasteiger partial charge in [0.25, 0.3) is 0 Å². The van der Waals surface area contributed by atoms with Gasteiger partial charge in [0, 0.05) is 12.3 Å². The molecule has 2 aromatic heterocycles. The zero-order valence-corrected chi connectivity index (χ0v) is 13.0. The quantitative estimate of drug-likeness (QED) is 0.501. The van der Waals surface area contributed by atoms with Gasteiger partial charge in [0.2, 0.25) is 0 Å². The fourth-order valence-electron chi connectivity index (χ4n) is 2.64. The molecule has 2 nitrogen and oxygen atoms in total. The summed E-state index contributed by atoms with van der Waals surface area (Å²) >= 11 is 0. The molecule has 4 rings (SSSR count). The molecular formula is C22H16N2. The first-order valence-corrected chi connectivity index (χ1v) is 7.78. The Bertz CT molecular complexity index is 961. The Labute approximate surface area is 144 Å². The lowest BCUT2D eigenvalue weighted by Crippen LogP contribution is -1.89. The number of nitrogens with zero attached hydrogens (tertiary/aromatic N) is 2. The highest BCUT2D eigenvalue weighted by molar-refractivity contribution is 5.72. The number of aromatic nitrogens is 2. The molecule has 0 saturated carbocycles. The first kappa shape index (κ1) is 12.2. The Morgan fingerprint density at radius 3 is 1.33 bits per heavy atom. The van der Waals surface area contributed by atoms with E-state index in [4.69, 9.17) is 2.74 Å². The molecule has 24 heavy (non-hydrogen) atoms. The molecule has 0 atom stereocenters. The molecule has 0 N–H and O–H groups in total. The van der Waals surface area contributed by atoms with Crippen LogP contribution in [0.5, 0.6) is 0 Å². The predicted octanol–water partition coefficient (Wildman–Crippen LogP) is 5.48.